The van der Waals surface area contributed by atoms with Gasteiger partial charge in [-0.3, -0.25) is 0 Å². The Kier molecular flexibility index (Phi) is 0.870. The minimum atomic E-state index is 0.632. The lowest BCUT2D eigenvalue weighted by Crippen LogP contribution is -2.29. The van der Waals surface area contributed by atoms with Crippen molar-refractivity contribution in [3.63, 3.8) is 0 Å². The lowest BCUT2D eigenvalue weighted by atomic mass is 9.63. The lowest BCUT2D eigenvalue weighted by molar-refractivity contribution is 0.221. The maximum absolute atomic E-state index is 2.46. The molecule has 1 atom stereocenters. The molecule has 0 aromatic heterocycles. The van der Waals surface area contributed by atoms with Crippen LogP contribution in [0.3, 0.4) is 0 Å². The van der Waals surface area contributed by atoms with E-state index in [0.29, 0.717) is 5.41 Å². The van der Waals surface area contributed by atoms with Crippen molar-refractivity contribution in [1.29, 1.82) is 0 Å². The highest BCUT2D eigenvalue weighted by Crippen LogP contribution is 2.48. The first-order chi connectivity index (χ1) is 4.16. The fourth-order valence-corrected chi connectivity index (χ4v) is 2.30. The van der Waals surface area contributed by atoms with Gasteiger partial charge in [0.1, 0.15) is 0 Å². The number of allylic oxidation sites excluding steroid dienone is 2. The molecule has 3 aliphatic rings. The van der Waals surface area contributed by atoms with Crippen molar-refractivity contribution in [3.8, 4) is 0 Å². The molecule has 0 radical (unpaired) electrons. The van der Waals surface area contributed by atoms with Gasteiger partial charge in [0.25, 0.3) is 0 Å². The van der Waals surface area contributed by atoms with Crippen LogP contribution >= 0.6 is 0 Å². The summed E-state index contributed by atoms with van der Waals surface area (Å²) in [5, 5.41) is 0. The van der Waals surface area contributed by atoms with Gasteiger partial charge >= 0.3 is 0 Å². The summed E-state index contributed by atoms with van der Waals surface area (Å²) in [6.07, 6.45) is 6.68. The molecule has 0 aromatic rings. The summed E-state index contributed by atoms with van der Waals surface area (Å²) in [7, 11) is 0. The van der Waals surface area contributed by atoms with Crippen LogP contribution in [-0.4, -0.2) is 0 Å². The first kappa shape index (κ1) is 5.52. The van der Waals surface area contributed by atoms with Crippen LogP contribution in [0.15, 0.2) is 11.6 Å². The van der Waals surface area contributed by atoms with Gasteiger partial charge in [0.15, 0.2) is 0 Å². The highest BCUT2D eigenvalue weighted by atomic mass is 14.4. The largest absolute Gasteiger partial charge is 0.0818 e. The average Bonchev–Trinajstić information content (AvgIpc) is 1.58. The molecular formula is C9H14. The molecule has 1 fully saturated rings. The predicted molar refractivity (Wildman–Crippen MR) is 39.2 cm³/mol. The molecule has 2 bridgehead atoms. The summed E-state index contributed by atoms with van der Waals surface area (Å²) in [5.41, 5.74) is 2.35. The molecule has 0 amide bonds. The summed E-state index contributed by atoms with van der Waals surface area (Å²) >= 11 is 0. The first-order valence-corrected chi connectivity index (χ1v) is 3.85. The summed E-state index contributed by atoms with van der Waals surface area (Å²) in [6, 6.07) is 0. The lowest BCUT2D eigenvalue weighted by Gasteiger charge is -2.42. The molecule has 0 heteroatoms. The molecule has 1 saturated carbocycles. The van der Waals surface area contributed by atoms with Crippen molar-refractivity contribution >= 4 is 0 Å². The van der Waals surface area contributed by atoms with Gasteiger partial charge in [0.2, 0.25) is 0 Å². The average molecular weight is 122 g/mol. The van der Waals surface area contributed by atoms with Gasteiger partial charge < -0.3 is 0 Å². The van der Waals surface area contributed by atoms with Crippen LogP contribution < -0.4 is 0 Å². The Balaban J connectivity index is 2.18. The van der Waals surface area contributed by atoms with Crippen LogP contribution in [0.4, 0.5) is 0 Å². The van der Waals surface area contributed by atoms with Crippen molar-refractivity contribution in [1.82, 2.24) is 0 Å². The Hall–Kier alpha value is -0.260. The van der Waals surface area contributed by atoms with Crippen molar-refractivity contribution in [2.45, 2.75) is 33.1 Å². The third-order valence-corrected chi connectivity index (χ3v) is 2.52. The van der Waals surface area contributed by atoms with Gasteiger partial charge in [-0.1, -0.05) is 25.5 Å². The molecule has 1 unspecified atom stereocenters. The van der Waals surface area contributed by atoms with E-state index in [9.17, 15) is 0 Å². The zero-order chi connectivity index (χ0) is 6.48. The van der Waals surface area contributed by atoms with Crippen molar-refractivity contribution in [2.24, 2.45) is 11.3 Å². The second kappa shape index (κ2) is 1.42. The summed E-state index contributed by atoms with van der Waals surface area (Å²) < 4.78 is 0. The number of rotatable bonds is 0. The smallest absolute Gasteiger partial charge is 0.0188 e. The molecule has 50 valence electrons. The van der Waals surface area contributed by atoms with Crippen molar-refractivity contribution in [2.75, 3.05) is 0 Å². The first-order valence-electron chi connectivity index (χ1n) is 3.85. The molecule has 0 nitrogen and oxygen atoms in total. The zero-order valence-corrected chi connectivity index (χ0v) is 6.28. The van der Waals surface area contributed by atoms with Crippen LogP contribution in [-0.2, 0) is 0 Å². The Labute approximate surface area is 57.0 Å². The normalized spacial score (nSPS) is 37.1. The zero-order valence-electron chi connectivity index (χ0n) is 6.28. The summed E-state index contributed by atoms with van der Waals surface area (Å²) in [6.45, 7) is 4.76. The Morgan fingerprint density at radius 1 is 1.56 bits per heavy atom. The molecule has 9 heavy (non-hydrogen) atoms. The van der Waals surface area contributed by atoms with Crippen LogP contribution in [0.2, 0.25) is 0 Å². The molecule has 0 spiro atoms. The summed E-state index contributed by atoms with van der Waals surface area (Å²) in [5.74, 6) is 0.962. The van der Waals surface area contributed by atoms with E-state index in [1.807, 2.05) is 0 Å². The van der Waals surface area contributed by atoms with E-state index in [0.717, 1.165) is 5.92 Å². The van der Waals surface area contributed by atoms with E-state index in [2.05, 4.69) is 19.9 Å². The molecule has 3 rings (SSSR count). The number of hydrogen-bond donors (Lipinski definition) is 0. The second-order valence-corrected chi connectivity index (χ2v) is 4.33. The Bertz CT molecular complexity index is 163. The van der Waals surface area contributed by atoms with Gasteiger partial charge in [0.05, 0.1) is 0 Å². The van der Waals surface area contributed by atoms with Gasteiger partial charge in [-0.05, 0) is 30.6 Å². The second-order valence-electron chi connectivity index (χ2n) is 4.33. The van der Waals surface area contributed by atoms with Crippen molar-refractivity contribution in [3.05, 3.63) is 11.6 Å². The SMILES string of the molecule is CC1(C)CC2=CC(C2)C1. The highest BCUT2D eigenvalue weighted by molar-refractivity contribution is 5.22. The van der Waals surface area contributed by atoms with E-state index >= 15 is 0 Å². The quantitative estimate of drug-likeness (QED) is 0.433. The standard InChI is InChI=1S/C9H14/c1-9(2)5-7-3-8(4-7)6-9/h3,7H,4-6H2,1-2H3. The van der Waals surface area contributed by atoms with Crippen LogP contribution in [0.5, 0.6) is 0 Å². The van der Waals surface area contributed by atoms with Gasteiger partial charge in [-0.25, -0.2) is 0 Å². The Morgan fingerprint density at radius 2 is 2.22 bits per heavy atom. The monoisotopic (exact) mass is 122 g/mol. The van der Waals surface area contributed by atoms with E-state index in [4.69, 9.17) is 0 Å². The molecule has 0 heterocycles. The fraction of sp³-hybridized carbons (Fsp3) is 0.778. The third kappa shape index (κ3) is 0.810. The fourth-order valence-electron chi connectivity index (χ4n) is 2.30. The topological polar surface area (TPSA) is 0 Å². The van der Waals surface area contributed by atoms with Crippen LogP contribution in [0.1, 0.15) is 33.1 Å². The maximum atomic E-state index is 2.46. The third-order valence-electron chi connectivity index (χ3n) is 2.52. The number of fused-ring (bicyclic) bond motifs is 2. The van der Waals surface area contributed by atoms with Crippen LogP contribution in [0.25, 0.3) is 0 Å². The van der Waals surface area contributed by atoms with Crippen LogP contribution in [0, 0.1) is 11.3 Å². The minimum absolute atomic E-state index is 0.632. The van der Waals surface area contributed by atoms with Crippen molar-refractivity contribution < 1.29 is 0 Å². The Morgan fingerprint density at radius 3 is 2.44 bits per heavy atom. The molecular weight excluding hydrogens is 108 g/mol. The van der Waals surface area contributed by atoms with E-state index in [-0.39, 0.29) is 0 Å². The maximum Gasteiger partial charge on any atom is -0.0188 e. The van der Waals surface area contributed by atoms with Gasteiger partial charge in [0, 0.05) is 0 Å². The van der Waals surface area contributed by atoms with Gasteiger partial charge in [-0.15, -0.1) is 0 Å². The minimum Gasteiger partial charge on any atom is -0.0818 e. The predicted octanol–water partition coefficient (Wildman–Crippen LogP) is 2.75. The van der Waals surface area contributed by atoms with E-state index in [1.165, 1.54) is 19.3 Å². The molecule has 0 saturated heterocycles. The van der Waals surface area contributed by atoms with Gasteiger partial charge in [-0.2, -0.15) is 0 Å². The highest BCUT2D eigenvalue weighted by Gasteiger charge is 2.35. The number of hydrogen-bond acceptors (Lipinski definition) is 0. The molecule has 0 N–H and O–H groups in total. The van der Waals surface area contributed by atoms with E-state index in [1.54, 1.807) is 5.57 Å². The molecule has 3 aliphatic carbocycles. The molecule has 0 aliphatic heterocycles. The summed E-state index contributed by atoms with van der Waals surface area (Å²) in [4.78, 5) is 0. The molecule has 0 aromatic carbocycles. The van der Waals surface area contributed by atoms with E-state index < -0.39 is 0 Å².